The predicted molar refractivity (Wildman–Crippen MR) is 66.2 cm³/mol. The molecule has 0 aliphatic carbocycles. The Morgan fingerprint density at radius 3 is 3.06 bits per heavy atom. The lowest BCUT2D eigenvalue weighted by atomic mass is 10.2. The van der Waals surface area contributed by atoms with E-state index in [2.05, 4.69) is 10.4 Å². The highest BCUT2D eigenvalue weighted by molar-refractivity contribution is 5.91. The normalized spacial score (nSPS) is 12.9. The van der Waals surface area contributed by atoms with Gasteiger partial charge in [-0.1, -0.05) is 13.3 Å². The van der Waals surface area contributed by atoms with Gasteiger partial charge >= 0.3 is 0 Å². The van der Waals surface area contributed by atoms with Gasteiger partial charge in [-0.3, -0.25) is 9.48 Å². The Kier molecular flexibility index (Phi) is 5.42. The summed E-state index contributed by atoms with van der Waals surface area (Å²) in [5.74, 6) is -0.207. The molecule has 1 unspecified atom stereocenters. The molecule has 1 aromatic rings. The summed E-state index contributed by atoms with van der Waals surface area (Å²) in [6, 6.07) is 1.82. The first kappa shape index (κ1) is 13.4. The summed E-state index contributed by atoms with van der Waals surface area (Å²) in [5.41, 5.74) is 0.856. The standard InChI is InChI=1S/C12H19N3O2/c1-3-4-11(16)9-13-12(17)6-5-10-7-8-14-15(10)2/h5-8,11,16H,3-4,9H2,1-2H3,(H,13,17)/b6-5+. The first-order valence-corrected chi connectivity index (χ1v) is 5.75. The van der Waals surface area contributed by atoms with Crippen LogP contribution in [-0.4, -0.2) is 33.4 Å². The fourth-order valence-electron chi connectivity index (χ4n) is 1.42. The molecule has 0 bridgehead atoms. The molecule has 0 saturated heterocycles. The van der Waals surface area contributed by atoms with Crippen molar-refractivity contribution >= 4 is 12.0 Å². The molecule has 0 spiro atoms. The van der Waals surface area contributed by atoms with Crippen LogP contribution in [0.25, 0.3) is 6.08 Å². The minimum Gasteiger partial charge on any atom is -0.391 e. The van der Waals surface area contributed by atoms with Crippen molar-refractivity contribution in [3.05, 3.63) is 24.0 Å². The Morgan fingerprint density at radius 2 is 2.47 bits per heavy atom. The van der Waals surface area contributed by atoms with E-state index in [9.17, 15) is 9.90 Å². The topological polar surface area (TPSA) is 67.2 Å². The van der Waals surface area contributed by atoms with Crippen molar-refractivity contribution in [1.82, 2.24) is 15.1 Å². The molecule has 17 heavy (non-hydrogen) atoms. The summed E-state index contributed by atoms with van der Waals surface area (Å²) in [4.78, 5) is 11.4. The van der Waals surface area contributed by atoms with Crippen LogP contribution in [0, 0.1) is 0 Å². The van der Waals surface area contributed by atoms with Crippen LogP contribution in [0.1, 0.15) is 25.5 Å². The third kappa shape index (κ3) is 4.82. The summed E-state index contributed by atoms with van der Waals surface area (Å²) >= 11 is 0. The van der Waals surface area contributed by atoms with Crippen LogP contribution in [0.15, 0.2) is 18.3 Å². The molecule has 1 heterocycles. The predicted octanol–water partition coefficient (Wildman–Crippen LogP) is 0.710. The number of nitrogens with one attached hydrogen (secondary N) is 1. The van der Waals surface area contributed by atoms with Gasteiger partial charge in [-0.2, -0.15) is 5.10 Å². The molecule has 94 valence electrons. The molecule has 1 rings (SSSR count). The van der Waals surface area contributed by atoms with E-state index in [1.54, 1.807) is 17.0 Å². The van der Waals surface area contributed by atoms with Crippen molar-refractivity contribution in [1.29, 1.82) is 0 Å². The van der Waals surface area contributed by atoms with Crippen LogP contribution in [0.5, 0.6) is 0 Å². The number of hydrogen-bond donors (Lipinski definition) is 2. The molecule has 0 radical (unpaired) electrons. The van der Waals surface area contributed by atoms with Gasteiger partial charge in [0.25, 0.3) is 0 Å². The summed E-state index contributed by atoms with van der Waals surface area (Å²) < 4.78 is 1.68. The van der Waals surface area contributed by atoms with Crippen LogP contribution in [0.2, 0.25) is 0 Å². The first-order chi connectivity index (χ1) is 8.13. The van der Waals surface area contributed by atoms with Crippen molar-refractivity contribution in [3.63, 3.8) is 0 Å². The Labute approximate surface area is 101 Å². The second-order valence-corrected chi connectivity index (χ2v) is 3.90. The monoisotopic (exact) mass is 237 g/mol. The van der Waals surface area contributed by atoms with Crippen LogP contribution >= 0.6 is 0 Å². The van der Waals surface area contributed by atoms with Crippen molar-refractivity contribution in [2.45, 2.75) is 25.9 Å². The van der Waals surface area contributed by atoms with Gasteiger partial charge in [-0.15, -0.1) is 0 Å². The van der Waals surface area contributed by atoms with E-state index in [0.717, 1.165) is 12.1 Å². The van der Waals surface area contributed by atoms with Gasteiger partial charge in [0.05, 0.1) is 11.8 Å². The van der Waals surface area contributed by atoms with E-state index in [-0.39, 0.29) is 5.91 Å². The zero-order chi connectivity index (χ0) is 12.7. The Hall–Kier alpha value is -1.62. The third-order valence-electron chi connectivity index (χ3n) is 2.40. The molecule has 0 aliphatic rings. The number of aliphatic hydroxyl groups excluding tert-OH is 1. The van der Waals surface area contributed by atoms with Gasteiger partial charge in [-0.05, 0) is 18.6 Å². The fourth-order valence-corrected chi connectivity index (χ4v) is 1.42. The number of carbonyl (C=O) groups excluding carboxylic acids is 1. The third-order valence-corrected chi connectivity index (χ3v) is 2.40. The van der Waals surface area contributed by atoms with Gasteiger partial charge in [0.1, 0.15) is 0 Å². The lowest BCUT2D eigenvalue weighted by Gasteiger charge is -2.08. The molecular weight excluding hydrogens is 218 g/mol. The molecule has 5 heteroatoms. The first-order valence-electron chi connectivity index (χ1n) is 5.75. The largest absolute Gasteiger partial charge is 0.391 e. The molecule has 0 saturated carbocycles. The van der Waals surface area contributed by atoms with Gasteiger partial charge in [0.2, 0.25) is 5.91 Å². The number of aromatic nitrogens is 2. The minimum absolute atomic E-state index is 0.207. The Bertz CT molecular complexity index is 385. The molecule has 0 aliphatic heterocycles. The number of amides is 1. The van der Waals surface area contributed by atoms with Crippen LogP contribution < -0.4 is 5.32 Å². The van der Waals surface area contributed by atoms with E-state index in [1.165, 1.54) is 6.08 Å². The van der Waals surface area contributed by atoms with Gasteiger partial charge < -0.3 is 10.4 Å². The van der Waals surface area contributed by atoms with E-state index in [1.807, 2.05) is 20.0 Å². The van der Waals surface area contributed by atoms with Crippen molar-refractivity contribution in [2.24, 2.45) is 7.05 Å². The second-order valence-electron chi connectivity index (χ2n) is 3.90. The number of nitrogens with zero attached hydrogens (tertiary/aromatic N) is 2. The minimum atomic E-state index is -0.464. The van der Waals surface area contributed by atoms with Crippen LogP contribution in [0.3, 0.4) is 0 Å². The highest BCUT2D eigenvalue weighted by Gasteiger charge is 2.03. The number of aliphatic hydroxyl groups is 1. The van der Waals surface area contributed by atoms with Crippen LogP contribution in [-0.2, 0) is 11.8 Å². The smallest absolute Gasteiger partial charge is 0.244 e. The molecule has 1 aromatic heterocycles. The highest BCUT2D eigenvalue weighted by Crippen LogP contribution is 1.99. The van der Waals surface area contributed by atoms with Gasteiger partial charge in [-0.25, -0.2) is 0 Å². The molecule has 0 aromatic carbocycles. The number of hydrogen-bond acceptors (Lipinski definition) is 3. The summed E-state index contributed by atoms with van der Waals surface area (Å²) in [6.45, 7) is 2.29. The van der Waals surface area contributed by atoms with E-state index >= 15 is 0 Å². The molecule has 1 atom stereocenters. The number of carbonyl (C=O) groups is 1. The summed E-state index contributed by atoms with van der Waals surface area (Å²) in [7, 11) is 1.81. The second kappa shape index (κ2) is 6.85. The van der Waals surface area contributed by atoms with Crippen molar-refractivity contribution in [3.8, 4) is 0 Å². The molecule has 2 N–H and O–H groups in total. The number of aryl methyl sites for hydroxylation is 1. The van der Waals surface area contributed by atoms with E-state index in [0.29, 0.717) is 13.0 Å². The van der Waals surface area contributed by atoms with E-state index < -0.39 is 6.10 Å². The summed E-state index contributed by atoms with van der Waals surface area (Å²) in [5, 5.41) is 16.1. The highest BCUT2D eigenvalue weighted by atomic mass is 16.3. The lowest BCUT2D eigenvalue weighted by Crippen LogP contribution is -2.30. The maximum Gasteiger partial charge on any atom is 0.244 e. The maximum atomic E-state index is 11.4. The molecule has 1 amide bonds. The van der Waals surface area contributed by atoms with Crippen molar-refractivity contribution in [2.75, 3.05) is 6.54 Å². The quantitative estimate of drug-likeness (QED) is 0.716. The summed E-state index contributed by atoms with van der Waals surface area (Å²) in [6.07, 6.45) is 5.94. The van der Waals surface area contributed by atoms with Crippen molar-refractivity contribution < 1.29 is 9.90 Å². The zero-order valence-corrected chi connectivity index (χ0v) is 10.3. The Balaban J connectivity index is 2.35. The number of rotatable bonds is 6. The van der Waals surface area contributed by atoms with Gasteiger partial charge in [0, 0.05) is 25.9 Å². The average Bonchev–Trinajstić information content (AvgIpc) is 2.70. The molecular formula is C12H19N3O2. The molecule has 5 nitrogen and oxygen atoms in total. The van der Waals surface area contributed by atoms with Crippen LogP contribution in [0.4, 0.5) is 0 Å². The average molecular weight is 237 g/mol. The van der Waals surface area contributed by atoms with Gasteiger partial charge in [0.15, 0.2) is 0 Å². The fraction of sp³-hybridized carbons (Fsp3) is 0.500. The lowest BCUT2D eigenvalue weighted by molar-refractivity contribution is -0.116. The Morgan fingerprint density at radius 1 is 1.71 bits per heavy atom. The van der Waals surface area contributed by atoms with E-state index in [4.69, 9.17) is 0 Å². The SMILES string of the molecule is CCCC(O)CNC(=O)/C=C/c1ccnn1C. The zero-order valence-electron chi connectivity index (χ0n) is 10.3. The maximum absolute atomic E-state index is 11.4. The molecule has 0 fully saturated rings.